The van der Waals surface area contributed by atoms with E-state index in [-0.39, 0.29) is 5.91 Å². The lowest BCUT2D eigenvalue weighted by atomic mass is 10.2. The van der Waals surface area contributed by atoms with E-state index < -0.39 is 0 Å². The maximum atomic E-state index is 11.8. The first-order chi connectivity index (χ1) is 7.72. The van der Waals surface area contributed by atoms with E-state index in [0.29, 0.717) is 17.8 Å². The highest BCUT2D eigenvalue weighted by atomic mass is 32.2. The summed E-state index contributed by atoms with van der Waals surface area (Å²) in [6.07, 6.45) is 5.97. The molecule has 3 nitrogen and oxygen atoms in total. The van der Waals surface area contributed by atoms with Crippen LogP contribution in [0.3, 0.4) is 0 Å². The SMILES string of the molecule is CCN(CC)C(=O)CNC1CCCC1SC. The van der Waals surface area contributed by atoms with Crippen molar-refractivity contribution in [2.75, 3.05) is 25.9 Å². The summed E-state index contributed by atoms with van der Waals surface area (Å²) < 4.78 is 0. The van der Waals surface area contributed by atoms with Gasteiger partial charge in [0, 0.05) is 24.4 Å². The van der Waals surface area contributed by atoms with E-state index in [2.05, 4.69) is 11.6 Å². The van der Waals surface area contributed by atoms with Crippen molar-refractivity contribution in [3.63, 3.8) is 0 Å². The molecule has 0 bridgehead atoms. The van der Waals surface area contributed by atoms with E-state index in [9.17, 15) is 4.79 Å². The number of amides is 1. The third-order valence-corrected chi connectivity index (χ3v) is 4.56. The van der Waals surface area contributed by atoms with Crippen LogP contribution < -0.4 is 5.32 Å². The molecule has 0 aliphatic heterocycles. The van der Waals surface area contributed by atoms with Crippen molar-refractivity contribution < 1.29 is 4.79 Å². The van der Waals surface area contributed by atoms with E-state index >= 15 is 0 Å². The number of carbonyl (C=O) groups is 1. The quantitative estimate of drug-likeness (QED) is 0.772. The third-order valence-electron chi connectivity index (χ3n) is 3.39. The van der Waals surface area contributed by atoms with Gasteiger partial charge in [-0.15, -0.1) is 0 Å². The van der Waals surface area contributed by atoms with Crippen LogP contribution in [0, 0.1) is 0 Å². The Hall–Kier alpha value is -0.220. The summed E-state index contributed by atoms with van der Waals surface area (Å²) in [6.45, 7) is 6.19. The molecule has 1 aliphatic rings. The fourth-order valence-corrected chi connectivity index (χ4v) is 3.31. The molecule has 1 saturated carbocycles. The number of rotatable bonds is 6. The van der Waals surface area contributed by atoms with Crippen LogP contribution in [0.4, 0.5) is 0 Å². The predicted molar refractivity (Wildman–Crippen MR) is 70.9 cm³/mol. The summed E-state index contributed by atoms with van der Waals surface area (Å²) >= 11 is 1.92. The van der Waals surface area contributed by atoms with Crippen LogP contribution in [0.1, 0.15) is 33.1 Å². The van der Waals surface area contributed by atoms with Crippen molar-refractivity contribution >= 4 is 17.7 Å². The molecule has 2 unspecified atom stereocenters. The Morgan fingerprint density at radius 1 is 1.38 bits per heavy atom. The summed E-state index contributed by atoms with van der Waals surface area (Å²) in [6, 6.07) is 0.537. The zero-order valence-electron chi connectivity index (χ0n) is 10.7. The molecule has 0 aromatic heterocycles. The number of nitrogens with one attached hydrogen (secondary N) is 1. The number of thioether (sulfide) groups is 1. The minimum absolute atomic E-state index is 0.233. The molecule has 0 radical (unpaired) electrons. The lowest BCUT2D eigenvalue weighted by molar-refractivity contribution is -0.129. The van der Waals surface area contributed by atoms with Gasteiger partial charge in [-0.05, 0) is 32.9 Å². The molecule has 0 aromatic rings. The number of carbonyl (C=O) groups excluding carboxylic acids is 1. The van der Waals surface area contributed by atoms with E-state index in [1.54, 1.807) is 0 Å². The van der Waals surface area contributed by atoms with E-state index in [4.69, 9.17) is 0 Å². The number of hydrogen-bond donors (Lipinski definition) is 1. The normalized spacial score (nSPS) is 24.7. The lowest BCUT2D eigenvalue weighted by Crippen LogP contribution is -2.43. The fourth-order valence-electron chi connectivity index (χ4n) is 2.35. The van der Waals surface area contributed by atoms with Gasteiger partial charge in [0.25, 0.3) is 0 Å². The largest absolute Gasteiger partial charge is 0.342 e. The predicted octanol–water partition coefficient (Wildman–Crippen LogP) is 1.73. The van der Waals surface area contributed by atoms with Gasteiger partial charge in [-0.2, -0.15) is 11.8 Å². The van der Waals surface area contributed by atoms with Crippen LogP contribution in [0.15, 0.2) is 0 Å². The average Bonchev–Trinajstić information content (AvgIpc) is 2.75. The van der Waals surface area contributed by atoms with Crippen molar-refractivity contribution in [3.8, 4) is 0 Å². The van der Waals surface area contributed by atoms with Gasteiger partial charge in [-0.1, -0.05) is 6.42 Å². The van der Waals surface area contributed by atoms with Crippen LogP contribution in [0.25, 0.3) is 0 Å². The molecule has 1 fully saturated rings. The van der Waals surface area contributed by atoms with Crippen molar-refractivity contribution in [2.24, 2.45) is 0 Å². The molecule has 1 N–H and O–H groups in total. The fraction of sp³-hybridized carbons (Fsp3) is 0.917. The van der Waals surface area contributed by atoms with Crippen LogP contribution in [-0.2, 0) is 4.79 Å². The van der Waals surface area contributed by atoms with Gasteiger partial charge in [0.05, 0.1) is 6.54 Å². The first-order valence-corrected chi connectivity index (χ1v) is 7.55. The zero-order chi connectivity index (χ0) is 12.0. The smallest absolute Gasteiger partial charge is 0.236 e. The second-order valence-electron chi connectivity index (χ2n) is 4.26. The van der Waals surface area contributed by atoms with Crippen LogP contribution in [0.2, 0.25) is 0 Å². The maximum Gasteiger partial charge on any atom is 0.236 e. The second-order valence-corrected chi connectivity index (χ2v) is 5.34. The zero-order valence-corrected chi connectivity index (χ0v) is 11.5. The van der Waals surface area contributed by atoms with E-state index in [0.717, 1.165) is 13.1 Å². The topological polar surface area (TPSA) is 32.3 Å². The Balaban J connectivity index is 2.30. The molecule has 16 heavy (non-hydrogen) atoms. The molecular weight excluding hydrogens is 220 g/mol. The second kappa shape index (κ2) is 7.17. The highest BCUT2D eigenvalue weighted by Gasteiger charge is 2.26. The Morgan fingerprint density at radius 2 is 2.06 bits per heavy atom. The summed E-state index contributed by atoms with van der Waals surface area (Å²) in [5.74, 6) is 0.233. The van der Waals surface area contributed by atoms with Gasteiger partial charge < -0.3 is 10.2 Å². The third kappa shape index (κ3) is 3.67. The Kier molecular flexibility index (Phi) is 6.21. The first-order valence-electron chi connectivity index (χ1n) is 6.26. The number of likely N-dealkylation sites (N-methyl/N-ethyl adjacent to an activating group) is 1. The van der Waals surface area contributed by atoms with E-state index in [1.165, 1.54) is 19.3 Å². The molecule has 1 amide bonds. The highest BCUT2D eigenvalue weighted by Crippen LogP contribution is 2.28. The van der Waals surface area contributed by atoms with Crippen molar-refractivity contribution in [2.45, 2.75) is 44.4 Å². The van der Waals surface area contributed by atoms with Gasteiger partial charge in [0.2, 0.25) is 5.91 Å². The average molecular weight is 244 g/mol. The molecule has 4 heteroatoms. The lowest BCUT2D eigenvalue weighted by Gasteiger charge is -2.22. The monoisotopic (exact) mass is 244 g/mol. The van der Waals surface area contributed by atoms with Gasteiger partial charge in [0.15, 0.2) is 0 Å². The van der Waals surface area contributed by atoms with Crippen molar-refractivity contribution in [3.05, 3.63) is 0 Å². The van der Waals surface area contributed by atoms with Gasteiger partial charge >= 0.3 is 0 Å². The molecule has 0 heterocycles. The molecule has 0 spiro atoms. The van der Waals surface area contributed by atoms with Crippen molar-refractivity contribution in [1.29, 1.82) is 0 Å². The first kappa shape index (κ1) is 13.8. The summed E-state index contributed by atoms with van der Waals surface area (Å²) in [5, 5.41) is 4.12. The van der Waals surface area contributed by atoms with Crippen LogP contribution in [-0.4, -0.2) is 48.0 Å². The summed E-state index contributed by atoms with van der Waals surface area (Å²) in [4.78, 5) is 13.7. The van der Waals surface area contributed by atoms with Crippen LogP contribution in [0.5, 0.6) is 0 Å². The van der Waals surface area contributed by atoms with Gasteiger partial charge in [0.1, 0.15) is 0 Å². The minimum Gasteiger partial charge on any atom is -0.342 e. The Bertz CT molecular complexity index is 219. The molecule has 0 aromatic carbocycles. The Morgan fingerprint density at radius 3 is 2.62 bits per heavy atom. The molecule has 1 aliphatic carbocycles. The standard InChI is InChI=1S/C12H24N2OS/c1-4-14(5-2)12(15)9-13-10-7-6-8-11(10)16-3/h10-11,13H,4-9H2,1-3H3. The molecule has 0 saturated heterocycles. The summed E-state index contributed by atoms with van der Waals surface area (Å²) in [5.41, 5.74) is 0. The van der Waals surface area contributed by atoms with Gasteiger partial charge in [-0.25, -0.2) is 0 Å². The van der Waals surface area contributed by atoms with E-state index in [1.807, 2.05) is 30.5 Å². The van der Waals surface area contributed by atoms with Crippen molar-refractivity contribution in [1.82, 2.24) is 10.2 Å². The molecule has 2 atom stereocenters. The number of hydrogen-bond acceptors (Lipinski definition) is 3. The minimum atomic E-state index is 0.233. The Labute approximate surface area is 103 Å². The summed E-state index contributed by atoms with van der Waals surface area (Å²) in [7, 11) is 0. The molecular formula is C12H24N2OS. The van der Waals surface area contributed by atoms with Crippen LogP contribution >= 0.6 is 11.8 Å². The number of nitrogens with zero attached hydrogens (tertiary/aromatic N) is 1. The maximum absolute atomic E-state index is 11.8. The highest BCUT2D eigenvalue weighted by molar-refractivity contribution is 7.99. The van der Waals surface area contributed by atoms with Gasteiger partial charge in [-0.3, -0.25) is 4.79 Å². The molecule has 1 rings (SSSR count). The molecule has 94 valence electrons.